The maximum absolute atomic E-state index is 12.4. The van der Waals surface area contributed by atoms with Crippen molar-refractivity contribution in [2.24, 2.45) is 35.5 Å². The van der Waals surface area contributed by atoms with Gasteiger partial charge in [-0.15, -0.1) is 0 Å². The molecular weight excluding hydrogens is 1250 g/mol. The molecule has 0 saturated heterocycles. The first-order valence-electron chi connectivity index (χ1n) is 25.4. The molecule has 0 amide bonds. The van der Waals surface area contributed by atoms with Crippen molar-refractivity contribution in [1.82, 2.24) is 0 Å². The Morgan fingerprint density at radius 1 is 0.238 bits per heavy atom. The predicted molar refractivity (Wildman–Crippen MR) is 250 cm³/mol. The molecule has 375 valence electrons. The number of rotatable bonds is 36. The summed E-state index contributed by atoms with van der Waals surface area (Å²) in [6.07, 6.45) is 21.5. The molecule has 0 bridgehead atoms. The molecule has 6 atom stereocenters. The molecule has 0 fully saturated rings. The van der Waals surface area contributed by atoms with Crippen LogP contribution < -0.4 is 44.0 Å². The fourth-order valence-electron chi connectivity index (χ4n) is 8.72. The van der Waals surface area contributed by atoms with Gasteiger partial charge in [0.1, 0.15) is 0 Å². The first kappa shape index (κ1) is 79.4. The molecule has 6 unspecified atom stereocenters. The van der Waals surface area contributed by atoms with Crippen LogP contribution in [0.15, 0.2) is 0 Å². The smallest absolute Gasteiger partial charge is 3.00 e. The molecular formula is C48H102Nd3O9P3. The minimum Gasteiger partial charge on any atom is 3.00 e. The molecule has 63 heavy (non-hydrogen) atoms. The van der Waals surface area contributed by atoms with Gasteiger partial charge in [0.15, 0.2) is 0 Å². The van der Waals surface area contributed by atoms with Gasteiger partial charge < -0.3 is 0 Å². The monoisotopic (exact) mass is 1340 g/mol. The van der Waals surface area contributed by atoms with Crippen LogP contribution >= 0.6 is 21.9 Å². The molecule has 0 saturated carbocycles. The summed E-state index contributed by atoms with van der Waals surface area (Å²) in [6, 6.07) is 0. The topological polar surface area (TPSA) is 208 Å². The van der Waals surface area contributed by atoms with Crippen molar-refractivity contribution in [3.8, 4) is 0 Å². The van der Waals surface area contributed by atoms with Crippen LogP contribution in [0.3, 0.4) is 0 Å². The van der Waals surface area contributed by atoms with Crippen LogP contribution in [0.2, 0.25) is 0 Å². The van der Waals surface area contributed by atoms with Crippen LogP contribution in [0, 0.1) is 158 Å². The summed E-state index contributed by atoms with van der Waals surface area (Å²) < 4.78 is 0. The molecule has 0 aromatic heterocycles. The minimum atomic E-state index is -5.20. The van der Waals surface area contributed by atoms with Gasteiger partial charge in [-0.05, 0) is 0 Å². The average molecular weight is 1350 g/mol. The van der Waals surface area contributed by atoms with Gasteiger partial charge in [0.2, 0.25) is 0 Å². The zero-order chi connectivity index (χ0) is 47.0. The third-order valence-electron chi connectivity index (χ3n) is 12.9. The Morgan fingerprint density at radius 3 is 0.429 bits per heavy atom. The Bertz CT molecular complexity index is 819. The molecule has 0 spiro atoms. The molecule has 0 aromatic carbocycles. The first-order chi connectivity index (χ1) is 27.8. The van der Waals surface area contributed by atoms with Gasteiger partial charge in [0, 0.05) is 0 Å². The largest absolute Gasteiger partial charge is 3.00 e. The average Bonchev–Trinajstić information content (AvgIpc) is 3.18. The first-order valence-corrected chi connectivity index (χ1v) is 32.5. The van der Waals surface area contributed by atoms with E-state index in [0.29, 0.717) is 0 Å². The summed E-state index contributed by atoms with van der Waals surface area (Å²) >= 11 is 0. The second kappa shape index (κ2) is 42.3. The Labute approximate surface area is 491 Å². The van der Waals surface area contributed by atoms with Crippen LogP contribution in [0.25, 0.3) is 0 Å². The molecule has 0 heterocycles. The van der Waals surface area contributed by atoms with Gasteiger partial charge in [0.25, 0.3) is 0 Å². The molecule has 3 radical (unpaired) electrons. The van der Waals surface area contributed by atoms with Crippen LogP contribution in [0.1, 0.15) is 237 Å². The summed E-state index contributed by atoms with van der Waals surface area (Å²) in [5.74, 6) is 0.271. The molecule has 9 nitrogen and oxygen atoms in total. The second-order valence-corrected chi connectivity index (χ2v) is 28.8. The standard InChI is InChI=1S/3C16H34O3P.3Nd/c3*1-5-9-11-15(7-3)13-20(17,18,19)14-16(8-4)12-10-6-2;;;/h3*15-16H,5-14H2,1-4H3;;;/q3*-3;3*+3. The normalized spacial score (nSPS) is 16.6. The van der Waals surface area contributed by atoms with Crippen molar-refractivity contribution in [2.75, 3.05) is 37.0 Å². The number of unbranched alkanes of at least 4 members (excludes halogenated alkanes) is 6. The van der Waals surface area contributed by atoms with E-state index in [2.05, 4.69) is 41.5 Å². The number of hydrogen-bond donors (Lipinski definition) is 0. The molecule has 0 aliphatic heterocycles. The quantitative estimate of drug-likeness (QED) is 0.0551. The van der Waals surface area contributed by atoms with Gasteiger partial charge in [-0.3, -0.25) is 0 Å². The summed E-state index contributed by atoms with van der Waals surface area (Å²) in [7, 11) is -15.6. The van der Waals surface area contributed by atoms with E-state index in [1.165, 1.54) is 0 Å². The summed E-state index contributed by atoms with van der Waals surface area (Å²) in [5, 5.41) is 0. The van der Waals surface area contributed by atoms with Crippen molar-refractivity contribution in [1.29, 1.82) is 0 Å². The van der Waals surface area contributed by atoms with Crippen molar-refractivity contribution in [3.63, 3.8) is 0 Å². The Kier molecular flexibility index (Phi) is 53.4. The number of hydrogen-bond acceptors (Lipinski definition) is 9. The van der Waals surface area contributed by atoms with Crippen molar-refractivity contribution >= 4 is 21.9 Å². The third-order valence-corrected chi connectivity index (χ3v) is 20.3. The van der Waals surface area contributed by atoms with E-state index in [9.17, 15) is 44.0 Å². The second-order valence-electron chi connectivity index (χ2n) is 19.3. The van der Waals surface area contributed by atoms with E-state index in [-0.39, 0.29) is 195 Å². The maximum atomic E-state index is 12.4. The third kappa shape index (κ3) is 47.7. The van der Waals surface area contributed by atoms with E-state index in [0.717, 1.165) is 154 Å². The van der Waals surface area contributed by atoms with E-state index in [1.807, 2.05) is 41.5 Å². The van der Waals surface area contributed by atoms with Gasteiger partial charge in [-0.1, -0.05) is 0 Å². The van der Waals surface area contributed by atoms with Gasteiger partial charge >= 0.3 is 498 Å². The van der Waals surface area contributed by atoms with E-state index < -0.39 is 21.9 Å². The van der Waals surface area contributed by atoms with Gasteiger partial charge in [-0.25, -0.2) is 0 Å². The molecule has 0 N–H and O–H groups in total. The maximum Gasteiger partial charge on any atom is 3.00 e. The zero-order valence-electron chi connectivity index (χ0n) is 43.2. The molecule has 0 aliphatic rings. The van der Waals surface area contributed by atoms with Crippen molar-refractivity contribution < 1.29 is 167 Å². The molecule has 0 aromatic rings. The Morgan fingerprint density at radius 2 is 0.349 bits per heavy atom. The fourth-order valence-corrected chi connectivity index (χ4v) is 17.8. The molecule has 15 heteroatoms. The summed E-state index contributed by atoms with van der Waals surface area (Å²) in [5.41, 5.74) is 0. The zero-order valence-corrected chi connectivity index (χ0v) is 55.5. The van der Waals surface area contributed by atoms with Crippen LogP contribution in [-0.4, -0.2) is 37.0 Å². The summed E-state index contributed by atoms with van der Waals surface area (Å²) in [6.45, 7) is 24.5. The van der Waals surface area contributed by atoms with Crippen molar-refractivity contribution in [2.45, 2.75) is 237 Å². The van der Waals surface area contributed by atoms with Gasteiger partial charge in [-0.2, -0.15) is 0 Å². The SMILES string of the molecule is CCCCC(CC)CP([O-])([O-])([O-])CC(CC)CCCC.CCCCC(CC)CP([O-])([O-])([O-])CC(CC)CCCC.CCCCC(CC)CP([O-])([O-])([O-])CC(CC)CCCC.[Nd+3].[Nd+3].[Nd+3]. The predicted octanol–water partition coefficient (Wildman–Crippen LogP) is 8.40. The molecule has 0 aliphatic carbocycles. The van der Waals surface area contributed by atoms with Crippen LogP contribution in [0.4, 0.5) is 0 Å². The van der Waals surface area contributed by atoms with Crippen molar-refractivity contribution in [3.05, 3.63) is 0 Å². The van der Waals surface area contributed by atoms with E-state index in [4.69, 9.17) is 0 Å². The minimum absolute atomic E-state index is 0. The van der Waals surface area contributed by atoms with Gasteiger partial charge in [0.05, 0.1) is 0 Å². The molecule has 0 rings (SSSR count). The fraction of sp³-hybridized carbons (Fsp3) is 1.00. The van der Waals surface area contributed by atoms with E-state index in [1.54, 1.807) is 0 Å². The Balaban J connectivity index is -0.000000189. The van der Waals surface area contributed by atoms with E-state index >= 15 is 0 Å². The Hall–Kier alpha value is 4.98. The van der Waals surface area contributed by atoms with Crippen LogP contribution in [0.5, 0.6) is 0 Å². The van der Waals surface area contributed by atoms with Crippen LogP contribution in [-0.2, 0) is 0 Å². The summed E-state index contributed by atoms with van der Waals surface area (Å²) in [4.78, 5) is 111.